The molecule has 41 heavy (non-hydrogen) atoms. The number of hydrogen-bond acceptors (Lipinski definition) is 6. The predicted octanol–water partition coefficient (Wildman–Crippen LogP) is 8.17. The average molecular weight is 567 g/mol. The van der Waals surface area contributed by atoms with Gasteiger partial charge in [0.25, 0.3) is 0 Å². The molecule has 0 heterocycles. The van der Waals surface area contributed by atoms with Crippen LogP contribution in [0, 0.1) is 0 Å². The van der Waals surface area contributed by atoms with Crippen molar-refractivity contribution in [2.24, 2.45) is 0 Å². The lowest BCUT2D eigenvalue weighted by atomic mass is 10.1. The number of esters is 1. The monoisotopic (exact) mass is 566 g/mol. The second-order valence-electron chi connectivity index (χ2n) is 9.54. The molecule has 6 nitrogen and oxygen atoms in total. The van der Waals surface area contributed by atoms with Crippen molar-refractivity contribution < 1.29 is 27.7 Å². The Hall–Kier alpha value is -4.06. The lowest BCUT2D eigenvalue weighted by molar-refractivity contribution is 0.00784. The molecule has 208 valence electrons. The van der Waals surface area contributed by atoms with E-state index in [4.69, 9.17) is 18.3 Å². The Balaban J connectivity index is 1.32. The first-order chi connectivity index (χ1) is 20.1. The van der Waals surface area contributed by atoms with E-state index in [1.807, 2.05) is 121 Å². The molecule has 0 radical (unpaired) electrons. The summed E-state index contributed by atoms with van der Waals surface area (Å²) in [6.45, 7) is -0.116. The van der Waals surface area contributed by atoms with Crippen LogP contribution < -0.4 is 0 Å². The lowest BCUT2D eigenvalue weighted by Crippen LogP contribution is -2.26. The number of phosphoric acid groups is 1. The highest BCUT2D eigenvalue weighted by molar-refractivity contribution is 7.48. The number of benzene rings is 5. The van der Waals surface area contributed by atoms with Crippen molar-refractivity contribution in [1.82, 2.24) is 0 Å². The van der Waals surface area contributed by atoms with Gasteiger partial charge in [0.05, 0.1) is 25.4 Å². The molecule has 0 aliphatic rings. The third-order valence-corrected chi connectivity index (χ3v) is 7.80. The van der Waals surface area contributed by atoms with Gasteiger partial charge in [-0.3, -0.25) is 13.6 Å². The average Bonchev–Trinajstić information content (AvgIpc) is 3.03. The van der Waals surface area contributed by atoms with Crippen LogP contribution in [0.3, 0.4) is 0 Å². The van der Waals surface area contributed by atoms with E-state index in [0.29, 0.717) is 12.0 Å². The van der Waals surface area contributed by atoms with Gasteiger partial charge < -0.3 is 4.74 Å². The van der Waals surface area contributed by atoms with E-state index >= 15 is 0 Å². The summed E-state index contributed by atoms with van der Waals surface area (Å²) in [6.07, 6.45) is -0.386. The molecule has 0 saturated heterocycles. The zero-order valence-corrected chi connectivity index (χ0v) is 23.4. The van der Waals surface area contributed by atoms with Crippen LogP contribution in [0.15, 0.2) is 133 Å². The molecule has 5 aromatic rings. The molecule has 0 fully saturated rings. The molecule has 0 aliphatic carbocycles. The van der Waals surface area contributed by atoms with Crippen LogP contribution in [0.1, 0.15) is 27.0 Å². The first-order valence-corrected chi connectivity index (χ1v) is 14.9. The molecule has 0 aliphatic heterocycles. The molecule has 5 aromatic carbocycles. The summed E-state index contributed by atoms with van der Waals surface area (Å²) >= 11 is 0. The van der Waals surface area contributed by atoms with Crippen LogP contribution >= 0.6 is 7.82 Å². The van der Waals surface area contributed by atoms with Gasteiger partial charge in [-0.2, -0.15) is 0 Å². The maximum Gasteiger partial charge on any atom is 0.475 e. The van der Waals surface area contributed by atoms with Crippen molar-refractivity contribution in [3.63, 3.8) is 0 Å². The molecule has 0 bridgehead atoms. The maximum atomic E-state index is 13.8. The second-order valence-corrected chi connectivity index (χ2v) is 11.2. The summed E-state index contributed by atoms with van der Waals surface area (Å²) in [4.78, 5) is 13.2. The topological polar surface area (TPSA) is 71.1 Å². The van der Waals surface area contributed by atoms with E-state index in [0.717, 1.165) is 27.5 Å². The summed E-state index contributed by atoms with van der Waals surface area (Å²) in [5.41, 5.74) is 3.01. The number of hydrogen-bond donors (Lipinski definition) is 0. The van der Waals surface area contributed by atoms with E-state index in [1.54, 1.807) is 12.1 Å². The highest BCUT2D eigenvalue weighted by Crippen LogP contribution is 2.51. The Morgan fingerprint density at radius 2 is 1.10 bits per heavy atom. The Kier molecular flexibility index (Phi) is 9.74. The van der Waals surface area contributed by atoms with E-state index < -0.39 is 19.9 Å². The summed E-state index contributed by atoms with van der Waals surface area (Å²) in [5.74, 6) is -0.495. The molecule has 0 spiro atoms. The first-order valence-electron chi connectivity index (χ1n) is 13.4. The third-order valence-electron chi connectivity index (χ3n) is 6.45. The van der Waals surface area contributed by atoms with Gasteiger partial charge in [0.15, 0.2) is 0 Å². The molecule has 5 rings (SSSR count). The highest BCUT2D eigenvalue weighted by Gasteiger charge is 2.30. The van der Waals surface area contributed by atoms with Crippen LogP contribution in [-0.4, -0.2) is 18.7 Å². The van der Waals surface area contributed by atoms with Gasteiger partial charge in [0.1, 0.15) is 6.10 Å². The van der Waals surface area contributed by atoms with Gasteiger partial charge in [-0.1, -0.05) is 121 Å². The van der Waals surface area contributed by atoms with Crippen molar-refractivity contribution in [2.45, 2.75) is 25.7 Å². The van der Waals surface area contributed by atoms with E-state index in [1.165, 1.54) is 0 Å². The van der Waals surface area contributed by atoms with Crippen molar-refractivity contribution in [3.05, 3.63) is 156 Å². The zero-order chi connectivity index (χ0) is 28.3. The number of fused-ring (bicyclic) bond motifs is 1. The van der Waals surface area contributed by atoms with Crippen LogP contribution in [0.2, 0.25) is 0 Å². The number of carbonyl (C=O) groups excluding carboxylic acids is 1. The summed E-state index contributed by atoms with van der Waals surface area (Å²) < 4.78 is 37.1. The molecule has 7 heteroatoms. The third kappa shape index (κ3) is 8.46. The summed E-state index contributed by atoms with van der Waals surface area (Å²) in [6, 6.07) is 41.6. The highest BCUT2D eigenvalue weighted by atomic mass is 31.2. The largest absolute Gasteiger partial charge is 0.475 e. The fourth-order valence-corrected chi connectivity index (χ4v) is 5.48. The van der Waals surface area contributed by atoms with Gasteiger partial charge in [-0.25, -0.2) is 9.36 Å². The van der Waals surface area contributed by atoms with Gasteiger partial charge in [0.2, 0.25) is 0 Å². The smallest absolute Gasteiger partial charge is 0.456 e. The van der Waals surface area contributed by atoms with Gasteiger partial charge in [0, 0.05) is 6.42 Å². The molecular formula is C34H31O6P. The van der Waals surface area contributed by atoms with Crippen molar-refractivity contribution >= 4 is 24.6 Å². The Morgan fingerprint density at radius 1 is 0.585 bits per heavy atom. The normalized spacial score (nSPS) is 12.2. The minimum atomic E-state index is -4.05. The van der Waals surface area contributed by atoms with E-state index in [2.05, 4.69) is 0 Å². The minimum Gasteiger partial charge on any atom is -0.456 e. The van der Waals surface area contributed by atoms with Crippen molar-refractivity contribution in [1.29, 1.82) is 0 Å². The maximum absolute atomic E-state index is 13.8. The number of phosphoric ester groups is 1. The second kappa shape index (κ2) is 14.0. The molecule has 1 atom stereocenters. The van der Waals surface area contributed by atoms with Crippen LogP contribution in [0.4, 0.5) is 0 Å². The fourth-order valence-electron chi connectivity index (χ4n) is 4.29. The Bertz CT molecular complexity index is 1540. The molecule has 0 aromatic heterocycles. The van der Waals surface area contributed by atoms with Crippen LogP contribution in [-0.2, 0) is 42.5 Å². The number of ether oxygens (including phenoxy) is 1. The molecular weight excluding hydrogens is 535 g/mol. The Morgan fingerprint density at radius 3 is 1.68 bits per heavy atom. The SMILES string of the molecule is O=C(O[C@@H](COP(=O)(OCc1ccccc1)OCc1ccccc1)Cc1ccccc1)c1ccc2ccccc2c1. The predicted molar refractivity (Wildman–Crippen MR) is 159 cm³/mol. The van der Waals surface area contributed by atoms with Crippen molar-refractivity contribution in [3.8, 4) is 0 Å². The molecule has 0 unspecified atom stereocenters. The molecule has 0 N–H and O–H groups in total. The van der Waals surface area contributed by atoms with Crippen LogP contribution in [0.5, 0.6) is 0 Å². The minimum absolute atomic E-state index is 0.0349. The quantitative estimate of drug-likeness (QED) is 0.106. The lowest BCUT2D eigenvalue weighted by Gasteiger charge is -2.23. The zero-order valence-electron chi connectivity index (χ0n) is 22.5. The van der Waals surface area contributed by atoms with Gasteiger partial charge in [-0.15, -0.1) is 0 Å². The number of rotatable bonds is 13. The van der Waals surface area contributed by atoms with Crippen LogP contribution in [0.25, 0.3) is 10.8 Å². The molecule has 0 saturated carbocycles. The molecule has 0 amide bonds. The van der Waals surface area contributed by atoms with Crippen molar-refractivity contribution in [2.75, 3.05) is 6.61 Å². The first kappa shape index (κ1) is 28.5. The van der Waals surface area contributed by atoms with E-state index in [-0.39, 0.29) is 19.8 Å². The summed E-state index contributed by atoms with van der Waals surface area (Å²) in [5, 5.41) is 1.96. The Labute approximate surface area is 240 Å². The standard InChI is InChI=1S/C34H31O6P/c35-34(32-21-20-30-18-10-11-19-31(30)23-32)40-33(22-27-12-4-1-5-13-27)26-39-41(36,37-24-28-14-6-2-7-15-28)38-25-29-16-8-3-9-17-29/h1-21,23,33H,22,24-26H2/t33-/m1/s1. The van der Waals surface area contributed by atoms with Gasteiger partial charge in [-0.05, 0) is 39.6 Å². The fraction of sp³-hybridized carbons (Fsp3) is 0.147. The van der Waals surface area contributed by atoms with E-state index in [9.17, 15) is 9.36 Å². The summed E-state index contributed by atoms with van der Waals surface area (Å²) in [7, 11) is -4.05. The number of carbonyl (C=O) groups is 1. The van der Waals surface area contributed by atoms with Gasteiger partial charge >= 0.3 is 13.8 Å².